The molecular formula is C24H24N4O2S. The predicted octanol–water partition coefficient (Wildman–Crippen LogP) is 5.68. The van der Waals surface area contributed by atoms with Gasteiger partial charge in [0.15, 0.2) is 5.65 Å². The average Bonchev–Trinajstić information content (AvgIpc) is 3.04. The van der Waals surface area contributed by atoms with Crippen molar-refractivity contribution < 1.29 is 9.53 Å². The Balaban J connectivity index is 1.96. The lowest BCUT2D eigenvalue weighted by atomic mass is 10.2. The number of anilines is 2. The van der Waals surface area contributed by atoms with Gasteiger partial charge in [0.05, 0.1) is 12.0 Å². The van der Waals surface area contributed by atoms with E-state index in [2.05, 4.69) is 32.0 Å². The molecule has 7 heteroatoms. The van der Waals surface area contributed by atoms with E-state index >= 15 is 0 Å². The van der Waals surface area contributed by atoms with Gasteiger partial charge in [-0.15, -0.1) is 11.8 Å². The molecule has 0 aliphatic carbocycles. The van der Waals surface area contributed by atoms with E-state index in [-0.39, 0.29) is 12.4 Å². The Morgan fingerprint density at radius 1 is 1.10 bits per heavy atom. The van der Waals surface area contributed by atoms with E-state index in [1.54, 1.807) is 18.7 Å². The van der Waals surface area contributed by atoms with Crippen molar-refractivity contribution >= 4 is 40.3 Å². The minimum atomic E-state index is -0.540. The maximum atomic E-state index is 12.5. The molecule has 0 amide bonds. The van der Waals surface area contributed by atoms with Crippen molar-refractivity contribution in [1.82, 2.24) is 14.5 Å². The number of carbonyl (C=O) groups is 1. The maximum absolute atomic E-state index is 12.5. The summed E-state index contributed by atoms with van der Waals surface area (Å²) in [5.41, 5.74) is 4.63. The average molecular weight is 433 g/mol. The molecule has 2 aromatic carbocycles. The first kappa shape index (κ1) is 20.9. The van der Waals surface area contributed by atoms with Crippen molar-refractivity contribution in [3.8, 4) is 5.69 Å². The number of thioether (sulfide) groups is 1. The summed E-state index contributed by atoms with van der Waals surface area (Å²) in [6.45, 7) is 6.13. The highest BCUT2D eigenvalue weighted by Gasteiger charge is 2.22. The largest absolute Gasteiger partial charge is 0.460 e. The molecule has 0 fully saturated rings. The minimum Gasteiger partial charge on any atom is -0.460 e. The Morgan fingerprint density at radius 3 is 2.58 bits per heavy atom. The number of carbonyl (C=O) groups excluding carboxylic acids is 1. The fourth-order valence-electron chi connectivity index (χ4n) is 3.57. The third-order valence-corrected chi connectivity index (χ3v) is 5.89. The highest BCUT2D eigenvalue weighted by atomic mass is 32.2. The second-order valence-electron chi connectivity index (χ2n) is 7.05. The number of aromatic nitrogens is 3. The molecule has 4 rings (SSSR count). The molecule has 0 bridgehead atoms. The molecule has 6 nitrogen and oxygen atoms in total. The number of para-hydroxylation sites is 1. The zero-order valence-electron chi connectivity index (χ0n) is 18.0. The summed E-state index contributed by atoms with van der Waals surface area (Å²) in [5.74, 6) is 0.0792. The van der Waals surface area contributed by atoms with Crippen molar-refractivity contribution in [1.29, 1.82) is 0 Å². The predicted molar refractivity (Wildman–Crippen MR) is 126 cm³/mol. The number of hydrogen-bond acceptors (Lipinski definition) is 6. The lowest BCUT2D eigenvalue weighted by Crippen LogP contribution is -2.12. The molecule has 0 aliphatic heterocycles. The number of ether oxygens (including phenoxy) is 1. The molecule has 2 heterocycles. The highest BCUT2D eigenvalue weighted by molar-refractivity contribution is 7.98. The molecule has 2 aromatic heterocycles. The molecule has 0 aliphatic rings. The number of nitrogens with one attached hydrogen (secondary N) is 1. The van der Waals surface area contributed by atoms with Crippen LogP contribution in [0.2, 0.25) is 0 Å². The summed E-state index contributed by atoms with van der Waals surface area (Å²) >= 11 is 1.67. The number of aryl methyl sites for hydroxylation is 1. The number of rotatable bonds is 6. The lowest BCUT2D eigenvalue weighted by molar-refractivity contribution is 0.0512. The first-order chi connectivity index (χ1) is 15.0. The number of nitrogens with zero attached hydrogens (tertiary/aromatic N) is 3. The van der Waals surface area contributed by atoms with Crippen LogP contribution in [0.5, 0.6) is 0 Å². The first-order valence-corrected chi connectivity index (χ1v) is 11.3. The van der Waals surface area contributed by atoms with E-state index in [4.69, 9.17) is 4.74 Å². The molecule has 158 valence electrons. The Morgan fingerprint density at radius 2 is 1.87 bits per heavy atom. The van der Waals surface area contributed by atoms with Crippen LogP contribution in [0.4, 0.5) is 11.5 Å². The summed E-state index contributed by atoms with van der Waals surface area (Å²) in [5, 5.41) is 4.28. The fraction of sp³-hybridized carbons (Fsp3) is 0.208. The Kier molecular flexibility index (Phi) is 5.95. The fourth-order valence-corrected chi connectivity index (χ4v) is 4.03. The molecule has 31 heavy (non-hydrogen) atoms. The van der Waals surface area contributed by atoms with Gasteiger partial charge in [0.2, 0.25) is 5.82 Å². The highest BCUT2D eigenvalue weighted by Crippen LogP contribution is 2.34. The monoisotopic (exact) mass is 432 g/mol. The van der Waals surface area contributed by atoms with Gasteiger partial charge in [-0.2, -0.15) is 0 Å². The van der Waals surface area contributed by atoms with Crippen LogP contribution >= 0.6 is 11.8 Å². The van der Waals surface area contributed by atoms with Gasteiger partial charge in [-0.05, 0) is 62.9 Å². The third-order valence-electron chi connectivity index (χ3n) is 5.16. The third kappa shape index (κ3) is 4.01. The number of fused-ring (bicyclic) bond motifs is 1. The smallest absolute Gasteiger partial charge is 0.376 e. The number of esters is 1. The van der Waals surface area contributed by atoms with Gasteiger partial charge in [-0.1, -0.05) is 24.3 Å². The van der Waals surface area contributed by atoms with Gasteiger partial charge in [0, 0.05) is 22.0 Å². The van der Waals surface area contributed by atoms with Crippen LogP contribution in [0, 0.1) is 13.8 Å². The Labute approximate surface area is 185 Å². The van der Waals surface area contributed by atoms with Gasteiger partial charge < -0.3 is 10.1 Å². The molecule has 0 unspecified atom stereocenters. The maximum Gasteiger partial charge on any atom is 0.376 e. The summed E-state index contributed by atoms with van der Waals surface area (Å²) < 4.78 is 7.25. The van der Waals surface area contributed by atoms with Crippen molar-refractivity contribution in [3.63, 3.8) is 0 Å². The van der Waals surface area contributed by atoms with Gasteiger partial charge in [-0.25, -0.2) is 14.8 Å². The summed E-state index contributed by atoms with van der Waals surface area (Å²) in [7, 11) is 0. The van der Waals surface area contributed by atoms with E-state index in [0.29, 0.717) is 11.5 Å². The van der Waals surface area contributed by atoms with Crippen LogP contribution < -0.4 is 5.32 Å². The van der Waals surface area contributed by atoms with E-state index in [1.165, 1.54) is 0 Å². The standard InChI is InChI=1S/C24H24N4O2S/c1-5-30-24(29)22-26-21(25-17-10-9-13-19(14-17)31-4)20-15(2)16(3)28(23(20)27-22)18-11-7-6-8-12-18/h6-14H,5H2,1-4H3,(H,25,26,27). The normalized spacial score (nSPS) is 11.0. The van der Waals surface area contributed by atoms with E-state index in [0.717, 1.165) is 32.9 Å². The number of benzene rings is 2. The first-order valence-electron chi connectivity index (χ1n) is 10.1. The number of hydrogen-bond donors (Lipinski definition) is 1. The van der Waals surface area contributed by atoms with Crippen LogP contribution in [-0.2, 0) is 4.74 Å². The van der Waals surface area contributed by atoms with E-state index in [1.807, 2.05) is 62.6 Å². The molecule has 0 saturated carbocycles. The van der Waals surface area contributed by atoms with E-state index < -0.39 is 5.97 Å². The van der Waals surface area contributed by atoms with Crippen LogP contribution in [-0.4, -0.2) is 33.4 Å². The molecule has 1 N–H and O–H groups in total. The molecule has 0 radical (unpaired) electrons. The van der Waals surface area contributed by atoms with E-state index in [9.17, 15) is 4.79 Å². The Hall–Kier alpha value is -3.32. The van der Waals surface area contributed by atoms with Crippen LogP contribution in [0.3, 0.4) is 0 Å². The van der Waals surface area contributed by atoms with Gasteiger partial charge in [0.25, 0.3) is 0 Å². The molecule has 4 aromatic rings. The van der Waals surface area contributed by atoms with Gasteiger partial charge >= 0.3 is 5.97 Å². The Bertz CT molecular complexity index is 1250. The van der Waals surface area contributed by atoms with Crippen molar-refractivity contribution in [2.45, 2.75) is 25.7 Å². The minimum absolute atomic E-state index is 0.0348. The van der Waals surface area contributed by atoms with Crippen molar-refractivity contribution in [3.05, 3.63) is 71.7 Å². The lowest BCUT2D eigenvalue weighted by Gasteiger charge is -2.11. The van der Waals surface area contributed by atoms with Crippen LogP contribution in [0.25, 0.3) is 16.7 Å². The van der Waals surface area contributed by atoms with Crippen LogP contribution in [0.15, 0.2) is 59.5 Å². The zero-order valence-corrected chi connectivity index (χ0v) is 18.8. The quantitative estimate of drug-likeness (QED) is 0.312. The van der Waals surface area contributed by atoms with Crippen molar-refractivity contribution in [2.75, 3.05) is 18.2 Å². The summed E-state index contributed by atoms with van der Waals surface area (Å²) in [4.78, 5) is 22.9. The molecule has 0 spiro atoms. The topological polar surface area (TPSA) is 69.0 Å². The van der Waals surface area contributed by atoms with Gasteiger partial charge in [0.1, 0.15) is 5.82 Å². The zero-order chi connectivity index (χ0) is 22.0. The second-order valence-corrected chi connectivity index (χ2v) is 7.93. The SMILES string of the molecule is CCOC(=O)c1nc(Nc2cccc(SC)c2)c2c(C)c(C)n(-c3ccccc3)c2n1. The summed E-state index contributed by atoms with van der Waals surface area (Å²) in [6.07, 6.45) is 2.04. The molecule has 0 atom stereocenters. The van der Waals surface area contributed by atoms with Gasteiger partial charge in [-0.3, -0.25) is 4.57 Å². The second kappa shape index (κ2) is 8.81. The molecular weight excluding hydrogens is 408 g/mol. The molecule has 0 saturated heterocycles. The van der Waals surface area contributed by atoms with Crippen molar-refractivity contribution in [2.24, 2.45) is 0 Å². The van der Waals surface area contributed by atoms with Crippen LogP contribution in [0.1, 0.15) is 28.8 Å². The summed E-state index contributed by atoms with van der Waals surface area (Å²) in [6, 6.07) is 18.1.